The van der Waals surface area contributed by atoms with Crippen molar-refractivity contribution in [2.45, 2.75) is 52.0 Å². The van der Waals surface area contributed by atoms with Crippen LogP contribution in [0, 0.1) is 5.41 Å². The molecule has 0 bridgehead atoms. The first-order valence-electron chi connectivity index (χ1n) is 7.36. The number of carbonyl (C=O) groups excluding carboxylic acids is 1. The number of amides is 1. The lowest BCUT2D eigenvalue weighted by molar-refractivity contribution is 0.0951. The predicted molar refractivity (Wildman–Crippen MR) is 91.3 cm³/mol. The van der Waals surface area contributed by atoms with E-state index in [0.29, 0.717) is 12.1 Å². The summed E-state index contributed by atoms with van der Waals surface area (Å²) in [5.74, 6) is 0.658. The van der Waals surface area contributed by atoms with Crippen LogP contribution in [0.5, 0.6) is 5.75 Å². The van der Waals surface area contributed by atoms with Gasteiger partial charge in [-0.2, -0.15) is 0 Å². The van der Waals surface area contributed by atoms with Gasteiger partial charge < -0.3 is 10.1 Å². The van der Waals surface area contributed by atoms with Crippen molar-refractivity contribution < 1.29 is 9.53 Å². The number of carbonyl (C=O) groups is 1. The van der Waals surface area contributed by atoms with Crippen LogP contribution >= 0.6 is 15.9 Å². The lowest BCUT2D eigenvalue weighted by atomic mass is 9.90. The van der Waals surface area contributed by atoms with Crippen LogP contribution in [-0.4, -0.2) is 23.4 Å². The number of alkyl halides is 1. The third-order valence-corrected chi connectivity index (χ3v) is 3.43. The van der Waals surface area contributed by atoms with Gasteiger partial charge in [0.1, 0.15) is 5.75 Å². The second-order valence-corrected chi connectivity index (χ2v) is 8.06. The van der Waals surface area contributed by atoms with Crippen LogP contribution in [0.1, 0.15) is 51.4 Å². The number of halogens is 1. The minimum absolute atomic E-state index is 0.0671. The van der Waals surface area contributed by atoms with Crippen molar-refractivity contribution in [3.63, 3.8) is 0 Å². The highest BCUT2D eigenvalue weighted by molar-refractivity contribution is 9.09. The van der Waals surface area contributed by atoms with E-state index in [1.165, 1.54) is 0 Å². The Bertz CT molecular complexity index is 466. The Kier molecular flexibility index (Phi) is 6.72. The molecule has 1 aromatic carbocycles. The number of hydrogen-bond acceptors (Lipinski definition) is 2. The molecule has 1 unspecified atom stereocenters. The molecule has 0 aromatic heterocycles. The van der Waals surface area contributed by atoms with Crippen molar-refractivity contribution in [3.8, 4) is 5.75 Å². The highest BCUT2D eigenvalue weighted by atomic mass is 79.9. The molecule has 118 valence electrons. The van der Waals surface area contributed by atoms with E-state index in [4.69, 9.17) is 4.74 Å². The fraction of sp³-hybridized carbons (Fsp3) is 0.588. The molecule has 1 amide bonds. The fourth-order valence-electron chi connectivity index (χ4n) is 2.02. The second-order valence-electron chi connectivity index (χ2n) is 6.77. The van der Waals surface area contributed by atoms with Crippen LogP contribution < -0.4 is 10.1 Å². The number of rotatable bonds is 6. The summed E-state index contributed by atoms with van der Waals surface area (Å²) in [6, 6.07) is 7.29. The van der Waals surface area contributed by atoms with Crippen molar-refractivity contribution in [1.29, 1.82) is 0 Å². The standard InChI is InChI=1S/C17H26BrNO2/c1-12(2)21-15-8-6-7-13(9-15)16(20)19-11-14(18)10-17(3,4)5/h6-9,12,14H,10-11H2,1-5H3,(H,19,20). The maximum absolute atomic E-state index is 12.2. The van der Waals surface area contributed by atoms with Crippen LogP contribution in [-0.2, 0) is 0 Å². The van der Waals surface area contributed by atoms with Crippen LogP contribution in [0.15, 0.2) is 24.3 Å². The van der Waals surface area contributed by atoms with Gasteiger partial charge in [-0.3, -0.25) is 4.79 Å². The quantitative estimate of drug-likeness (QED) is 0.767. The summed E-state index contributed by atoms with van der Waals surface area (Å²) in [6.07, 6.45) is 1.10. The number of hydrogen-bond donors (Lipinski definition) is 1. The van der Waals surface area contributed by atoms with Crippen molar-refractivity contribution in [2.75, 3.05) is 6.54 Å². The Balaban J connectivity index is 2.56. The molecule has 0 heterocycles. The van der Waals surface area contributed by atoms with Crippen molar-refractivity contribution in [2.24, 2.45) is 5.41 Å². The van der Waals surface area contributed by atoms with Crippen LogP contribution in [0.4, 0.5) is 0 Å². The molecule has 0 aliphatic heterocycles. The Morgan fingerprint density at radius 3 is 2.57 bits per heavy atom. The van der Waals surface area contributed by atoms with Crippen LogP contribution in [0.3, 0.4) is 0 Å². The zero-order chi connectivity index (χ0) is 16.0. The molecule has 0 aliphatic carbocycles. The van der Waals surface area contributed by atoms with E-state index in [-0.39, 0.29) is 22.3 Å². The molecule has 1 aromatic rings. The number of nitrogens with one attached hydrogen (secondary N) is 1. The summed E-state index contributed by atoms with van der Waals surface area (Å²) < 4.78 is 5.61. The largest absolute Gasteiger partial charge is 0.491 e. The fourth-order valence-corrected chi connectivity index (χ4v) is 3.16. The van der Waals surface area contributed by atoms with E-state index >= 15 is 0 Å². The van der Waals surface area contributed by atoms with Crippen LogP contribution in [0.25, 0.3) is 0 Å². The van der Waals surface area contributed by atoms with Gasteiger partial charge in [-0.25, -0.2) is 0 Å². The van der Waals surface area contributed by atoms with Crippen molar-refractivity contribution >= 4 is 21.8 Å². The van der Waals surface area contributed by atoms with E-state index in [9.17, 15) is 4.79 Å². The Labute approximate surface area is 136 Å². The topological polar surface area (TPSA) is 38.3 Å². The first kappa shape index (κ1) is 18.0. The molecule has 0 radical (unpaired) electrons. The van der Waals surface area contributed by atoms with Gasteiger partial charge in [0.2, 0.25) is 0 Å². The predicted octanol–water partition coefficient (Wildman–Crippen LogP) is 4.40. The summed E-state index contributed by atoms with van der Waals surface area (Å²) >= 11 is 3.62. The molecule has 0 spiro atoms. The minimum atomic E-state index is -0.0671. The normalized spacial score (nSPS) is 13.1. The molecule has 4 heteroatoms. The van der Waals surface area contributed by atoms with Crippen LogP contribution in [0.2, 0.25) is 0 Å². The molecule has 1 rings (SSSR count). The maximum Gasteiger partial charge on any atom is 0.251 e. The average Bonchev–Trinajstić information content (AvgIpc) is 2.33. The lowest BCUT2D eigenvalue weighted by Gasteiger charge is -2.22. The van der Waals surface area contributed by atoms with E-state index in [0.717, 1.165) is 12.2 Å². The molecule has 21 heavy (non-hydrogen) atoms. The molecular formula is C17H26BrNO2. The van der Waals surface area contributed by atoms with Gasteiger partial charge >= 0.3 is 0 Å². The average molecular weight is 356 g/mol. The second kappa shape index (κ2) is 7.83. The smallest absolute Gasteiger partial charge is 0.251 e. The summed E-state index contributed by atoms with van der Waals surface area (Å²) in [5, 5.41) is 2.96. The van der Waals surface area contributed by atoms with Gasteiger partial charge in [0.05, 0.1) is 6.10 Å². The molecule has 0 aliphatic rings. The Hall–Kier alpha value is -1.03. The van der Waals surface area contributed by atoms with Crippen molar-refractivity contribution in [3.05, 3.63) is 29.8 Å². The maximum atomic E-state index is 12.2. The molecule has 0 fully saturated rings. The molecule has 1 N–H and O–H groups in total. The van der Waals surface area contributed by atoms with Gasteiger partial charge in [0.25, 0.3) is 5.91 Å². The first-order valence-corrected chi connectivity index (χ1v) is 8.28. The summed E-state index contributed by atoms with van der Waals surface area (Å²) in [5.41, 5.74) is 0.868. The van der Waals surface area contributed by atoms with E-state index < -0.39 is 0 Å². The third-order valence-electron chi connectivity index (χ3n) is 2.79. The molecule has 1 atom stereocenters. The highest BCUT2D eigenvalue weighted by Crippen LogP contribution is 2.24. The SMILES string of the molecule is CC(C)Oc1cccc(C(=O)NCC(Br)CC(C)(C)C)c1. The molecular weight excluding hydrogens is 330 g/mol. The molecule has 3 nitrogen and oxygen atoms in total. The van der Waals surface area contributed by atoms with E-state index in [1.807, 2.05) is 26.0 Å². The highest BCUT2D eigenvalue weighted by Gasteiger charge is 2.17. The zero-order valence-corrected chi connectivity index (χ0v) is 15.2. The van der Waals surface area contributed by atoms with Gasteiger partial charge in [0, 0.05) is 16.9 Å². The summed E-state index contributed by atoms with van der Waals surface area (Å²) in [7, 11) is 0. The van der Waals surface area contributed by atoms with Gasteiger partial charge in [-0.15, -0.1) is 0 Å². The van der Waals surface area contributed by atoms with E-state index in [1.54, 1.807) is 12.1 Å². The Morgan fingerprint density at radius 1 is 1.33 bits per heavy atom. The van der Waals surface area contributed by atoms with Gasteiger partial charge in [-0.05, 0) is 43.9 Å². The molecule has 0 saturated carbocycles. The zero-order valence-electron chi connectivity index (χ0n) is 13.6. The lowest BCUT2D eigenvalue weighted by Crippen LogP contribution is -2.31. The molecule has 0 saturated heterocycles. The number of benzene rings is 1. The minimum Gasteiger partial charge on any atom is -0.491 e. The Morgan fingerprint density at radius 2 is 2.00 bits per heavy atom. The number of ether oxygens (including phenoxy) is 1. The van der Waals surface area contributed by atoms with Crippen molar-refractivity contribution in [1.82, 2.24) is 5.32 Å². The third kappa shape index (κ3) is 7.51. The summed E-state index contributed by atoms with van der Waals surface area (Å²) in [4.78, 5) is 12.4. The first-order chi connectivity index (χ1) is 9.67. The van der Waals surface area contributed by atoms with E-state index in [2.05, 4.69) is 42.0 Å². The van der Waals surface area contributed by atoms with Gasteiger partial charge in [0.15, 0.2) is 0 Å². The monoisotopic (exact) mass is 355 g/mol. The van der Waals surface area contributed by atoms with Gasteiger partial charge in [-0.1, -0.05) is 42.8 Å². The summed E-state index contributed by atoms with van der Waals surface area (Å²) in [6.45, 7) is 11.1.